The minimum atomic E-state index is -0.658. The van der Waals surface area contributed by atoms with E-state index in [-0.39, 0.29) is 17.1 Å². The first kappa shape index (κ1) is 18.2. The topological polar surface area (TPSA) is 47.2 Å². The number of nitriles is 1. The molecular weight excluding hydrogens is 453 g/mol. The molecule has 26 heavy (non-hydrogen) atoms. The summed E-state index contributed by atoms with van der Waals surface area (Å²) >= 11 is 2.06. The highest BCUT2D eigenvalue weighted by Crippen LogP contribution is 2.37. The lowest BCUT2D eigenvalue weighted by atomic mass is 10.1. The number of nitrogens with zero attached hydrogens (tertiary/aromatic N) is 2. The van der Waals surface area contributed by atoms with Gasteiger partial charge in [-0.15, -0.1) is 0 Å². The molecule has 0 aliphatic rings. The highest BCUT2D eigenvalue weighted by atomic mass is 127. The van der Waals surface area contributed by atoms with E-state index >= 15 is 0 Å². The molecule has 132 valence electrons. The second-order valence-electron chi connectivity index (χ2n) is 5.27. The third-order valence-corrected chi connectivity index (χ3v) is 4.51. The molecule has 0 bridgehead atoms. The molecule has 0 radical (unpaired) electrons. The quantitative estimate of drug-likeness (QED) is 0.354. The molecule has 0 amide bonds. The Hall–Kier alpha value is -2.60. The molecule has 4 nitrogen and oxygen atoms in total. The van der Waals surface area contributed by atoms with Crippen molar-refractivity contribution in [3.05, 3.63) is 65.6 Å². The average Bonchev–Trinajstić information content (AvgIpc) is 2.99. The van der Waals surface area contributed by atoms with E-state index in [0.29, 0.717) is 17.7 Å². The molecule has 0 fully saturated rings. The Labute approximate surface area is 162 Å². The van der Waals surface area contributed by atoms with Gasteiger partial charge in [-0.25, -0.2) is 8.78 Å². The summed E-state index contributed by atoms with van der Waals surface area (Å²) in [5.41, 5.74) is 1.00. The van der Waals surface area contributed by atoms with Crippen LogP contribution in [0.15, 0.2) is 42.8 Å². The monoisotopic (exact) mass is 466 g/mol. The maximum Gasteiger partial charge on any atom is 0.171 e. The standard InChI is InChI=1S/C19H13F2IN2O2/c1-2-25-8-6-15-14-5-7-24(22)18(14)10-17(21)19(15)26-13-3-4-16(20)12(9-13)11-23/h3-10H,2H2,1H3/b8-6+. The molecular formula is C19H13F2IN2O2. The van der Waals surface area contributed by atoms with Crippen LogP contribution in [0.4, 0.5) is 8.78 Å². The van der Waals surface area contributed by atoms with Crippen LogP contribution in [0.25, 0.3) is 17.0 Å². The van der Waals surface area contributed by atoms with E-state index in [1.165, 1.54) is 24.5 Å². The van der Waals surface area contributed by atoms with Gasteiger partial charge in [0.1, 0.15) is 17.6 Å². The molecule has 0 aliphatic heterocycles. The molecule has 0 saturated heterocycles. The molecule has 0 atom stereocenters. The van der Waals surface area contributed by atoms with Crippen LogP contribution < -0.4 is 4.74 Å². The highest BCUT2D eigenvalue weighted by molar-refractivity contribution is 14.1. The van der Waals surface area contributed by atoms with Gasteiger partial charge < -0.3 is 9.47 Å². The number of benzene rings is 2. The van der Waals surface area contributed by atoms with Crippen LogP contribution in [0.3, 0.4) is 0 Å². The first-order chi connectivity index (χ1) is 12.5. The Morgan fingerprint density at radius 2 is 2.04 bits per heavy atom. The zero-order chi connectivity index (χ0) is 18.7. The number of aromatic nitrogens is 1. The largest absolute Gasteiger partial charge is 0.501 e. The maximum atomic E-state index is 14.7. The number of halogens is 3. The van der Waals surface area contributed by atoms with E-state index in [0.717, 1.165) is 11.5 Å². The summed E-state index contributed by atoms with van der Waals surface area (Å²) in [5.74, 6) is -1.09. The maximum absolute atomic E-state index is 14.7. The minimum absolute atomic E-state index is 0.0217. The van der Waals surface area contributed by atoms with Gasteiger partial charge in [-0.3, -0.25) is 2.78 Å². The molecule has 1 aromatic heterocycles. The van der Waals surface area contributed by atoms with Crippen molar-refractivity contribution < 1.29 is 18.3 Å². The van der Waals surface area contributed by atoms with Crippen molar-refractivity contribution in [1.29, 1.82) is 5.26 Å². The van der Waals surface area contributed by atoms with E-state index in [1.807, 2.05) is 13.0 Å². The Balaban J connectivity index is 2.13. The van der Waals surface area contributed by atoms with E-state index in [1.54, 1.807) is 21.1 Å². The van der Waals surface area contributed by atoms with Gasteiger partial charge in [-0.1, -0.05) is 0 Å². The molecule has 3 rings (SSSR count). The second-order valence-corrected chi connectivity index (χ2v) is 6.31. The third kappa shape index (κ3) is 3.51. The fourth-order valence-corrected chi connectivity index (χ4v) is 3.04. The Morgan fingerprint density at radius 3 is 2.77 bits per heavy atom. The van der Waals surface area contributed by atoms with Crippen molar-refractivity contribution in [2.24, 2.45) is 0 Å². The van der Waals surface area contributed by atoms with Gasteiger partial charge in [-0.05, 0) is 31.2 Å². The lowest BCUT2D eigenvalue weighted by Crippen LogP contribution is -1.95. The molecule has 0 unspecified atom stereocenters. The van der Waals surface area contributed by atoms with Crippen molar-refractivity contribution in [2.75, 3.05) is 6.61 Å². The molecule has 1 heterocycles. The van der Waals surface area contributed by atoms with Crippen LogP contribution in [0.2, 0.25) is 0 Å². The van der Waals surface area contributed by atoms with Gasteiger partial charge in [0, 0.05) is 29.3 Å². The SMILES string of the molecule is CCO/C=C/c1c(Oc2ccc(F)c(C#N)c2)c(F)cc2c1ccn2I. The van der Waals surface area contributed by atoms with Crippen molar-refractivity contribution in [3.63, 3.8) is 0 Å². The number of hydrogen-bond acceptors (Lipinski definition) is 3. The van der Waals surface area contributed by atoms with Crippen molar-refractivity contribution in [1.82, 2.24) is 2.78 Å². The third-order valence-electron chi connectivity index (χ3n) is 3.67. The fraction of sp³-hybridized carbons (Fsp3) is 0.105. The Bertz CT molecular complexity index is 1040. The summed E-state index contributed by atoms with van der Waals surface area (Å²) < 4.78 is 40.9. The molecule has 0 saturated carbocycles. The van der Waals surface area contributed by atoms with Crippen LogP contribution in [-0.2, 0) is 4.74 Å². The number of fused-ring (bicyclic) bond motifs is 1. The summed E-state index contributed by atoms with van der Waals surface area (Å²) in [7, 11) is 0. The predicted molar refractivity (Wildman–Crippen MR) is 103 cm³/mol. The minimum Gasteiger partial charge on any atom is -0.501 e. The Morgan fingerprint density at radius 1 is 1.23 bits per heavy atom. The molecule has 0 aliphatic carbocycles. The van der Waals surface area contributed by atoms with Crippen molar-refractivity contribution in [3.8, 4) is 17.6 Å². The summed E-state index contributed by atoms with van der Waals surface area (Å²) in [4.78, 5) is 0. The Kier molecular flexibility index (Phi) is 5.42. The second kappa shape index (κ2) is 7.74. The zero-order valence-corrected chi connectivity index (χ0v) is 15.8. The van der Waals surface area contributed by atoms with E-state index in [4.69, 9.17) is 14.7 Å². The van der Waals surface area contributed by atoms with Crippen LogP contribution in [-0.4, -0.2) is 9.39 Å². The summed E-state index contributed by atoms with van der Waals surface area (Å²) in [5, 5.41) is 9.73. The first-order valence-electron chi connectivity index (χ1n) is 7.70. The molecule has 2 aromatic carbocycles. The highest BCUT2D eigenvalue weighted by Gasteiger charge is 2.17. The zero-order valence-electron chi connectivity index (χ0n) is 13.7. The predicted octanol–water partition coefficient (Wildman–Crippen LogP) is 5.79. The smallest absolute Gasteiger partial charge is 0.171 e. The number of ether oxygens (including phenoxy) is 2. The molecule has 7 heteroatoms. The van der Waals surface area contributed by atoms with Gasteiger partial charge >= 0.3 is 0 Å². The lowest BCUT2D eigenvalue weighted by Gasteiger charge is -2.12. The summed E-state index contributed by atoms with van der Waals surface area (Å²) in [6, 6.07) is 8.64. The molecule has 3 aromatic rings. The van der Waals surface area contributed by atoms with E-state index in [9.17, 15) is 8.78 Å². The fourth-order valence-electron chi connectivity index (χ4n) is 2.48. The first-order valence-corrected chi connectivity index (χ1v) is 8.67. The number of rotatable bonds is 5. The van der Waals surface area contributed by atoms with Gasteiger partial charge in [0.15, 0.2) is 11.6 Å². The summed E-state index contributed by atoms with van der Waals surface area (Å²) in [6.07, 6.45) is 4.89. The van der Waals surface area contributed by atoms with Crippen LogP contribution in [0.5, 0.6) is 11.5 Å². The lowest BCUT2D eigenvalue weighted by molar-refractivity contribution is 0.272. The van der Waals surface area contributed by atoms with Crippen molar-refractivity contribution in [2.45, 2.75) is 6.92 Å². The average molecular weight is 466 g/mol. The summed E-state index contributed by atoms with van der Waals surface area (Å²) in [6.45, 7) is 2.31. The normalized spacial score (nSPS) is 11.0. The molecule has 0 N–H and O–H groups in total. The van der Waals surface area contributed by atoms with Gasteiger partial charge in [-0.2, -0.15) is 5.26 Å². The van der Waals surface area contributed by atoms with Gasteiger partial charge in [0.05, 0.1) is 46.8 Å². The van der Waals surface area contributed by atoms with Crippen LogP contribution in [0.1, 0.15) is 18.1 Å². The number of hydrogen-bond donors (Lipinski definition) is 0. The van der Waals surface area contributed by atoms with E-state index < -0.39 is 11.6 Å². The molecule has 0 spiro atoms. The van der Waals surface area contributed by atoms with E-state index in [2.05, 4.69) is 22.9 Å². The van der Waals surface area contributed by atoms with Gasteiger partial charge in [0.2, 0.25) is 0 Å². The van der Waals surface area contributed by atoms with Crippen LogP contribution >= 0.6 is 22.9 Å². The van der Waals surface area contributed by atoms with Crippen LogP contribution in [0, 0.1) is 23.0 Å². The van der Waals surface area contributed by atoms with Crippen molar-refractivity contribution >= 4 is 39.8 Å². The van der Waals surface area contributed by atoms with Gasteiger partial charge in [0.25, 0.3) is 0 Å².